The van der Waals surface area contributed by atoms with Crippen molar-refractivity contribution in [2.75, 3.05) is 17.5 Å². The van der Waals surface area contributed by atoms with Crippen LogP contribution in [0.3, 0.4) is 0 Å². The summed E-state index contributed by atoms with van der Waals surface area (Å²) in [4.78, 5) is 28.3. The summed E-state index contributed by atoms with van der Waals surface area (Å²) >= 11 is 0. The molecule has 2 amide bonds. The van der Waals surface area contributed by atoms with Gasteiger partial charge in [0.25, 0.3) is 10.0 Å². The minimum atomic E-state index is -4.30. The molecule has 0 saturated carbocycles. The maximum absolute atomic E-state index is 14.0. The minimum absolute atomic E-state index is 0.0971. The van der Waals surface area contributed by atoms with Crippen molar-refractivity contribution in [3.8, 4) is 5.75 Å². The first-order valence-electron chi connectivity index (χ1n) is 13.6. The van der Waals surface area contributed by atoms with E-state index in [1.807, 2.05) is 52.0 Å². The second-order valence-corrected chi connectivity index (χ2v) is 11.8. The summed E-state index contributed by atoms with van der Waals surface area (Å²) in [5, 5.41) is 2.91. The molecule has 0 spiro atoms. The molecule has 0 heterocycles. The Labute approximate surface area is 242 Å². The number of anilines is 1. The average molecular weight is 584 g/mol. The van der Waals surface area contributed by atoms with Crippen LogP contribution >= 0.6 is 0 Å². The molecular formula is C31H38FN3O5S. The van der Waals surface area contributed by atoms with E-state index in [1.54, 1.807) is 31.2 Å². The number of benzene rings is 3. The summed E-state index contributed by atoms with van der Waals surface area (Å²) in [5.74, 6) is -0.955. The molecule has 0 fully saturated rings. The van der Waals surface area contributed by atoms with Crippen molar-refractivity contribution in [3.63, 3.8) is 0 Å². The van der Waals surface area contributed by atoms with Gasteiger partial charge in [0.2, 0.25) is 11.8 Å². The Morgan fingerprint density at radius 3 is 2.22 bits per heavy atom. The van der Waals surface area contributed by atoms with Gasteiger partial charge in [-0.2, -0.15) is 0 Å². The molecule has 0 aliphatic rings. The Bertz CT molecular complexity index is 1430. The molecule has 41 heavy (non-hydrogen) atoms. The molecule has 10 heteroatoms. The van der Waals surface area contributed by atoms with Crippen LogP contribution in [-0.4, -0.2) is 50.4 Å². The molecule has 3 aromatic carbocycles. The van der Waals surface area contributed by atoms with E-state index < -0.39 is 34.3 Å². The van der Waals surface area contributed by atoms with E-state index in [9.17, 15) is 22.4 Å². The molecule has 8 nitrogen and oxygen atoms in total. The molecule has 0 aromatic heterocycles. The monoisotopic (exact) mass is 583 g/mol. The highest BCUT2D eigenvalue weighted by molar-refractivity contribution is 7.92. The number of hydrogen-bond acceptors (Lipinski definition) is 5. The molecule has 3 aromatic rings. The summed E-state index contributed by atoms with van der Waals surface area (Å²) in [7, 11) is -4.30. The van der Waals surface area contributed by atoms with Gasteiger partial charge in [0.1, 0.15) is 24.2 Å². The average Bonchev–Trinajstić information content (AvgIpc) is 2.95. The standard InChI is InChI=1S/C31H38FN3O5S/c1-6-23(4)33-31(37)24(5)34(20-25-10-8-9-22(3)19-25)30(36)21-35(27-13-15-28(16-14-27)40-7-2)41(38,39)29-17-11-26(32)12-18-29/h8-19,23-24H,6-7,20-21H2,1-5H3,(H,33,37). The van der Waals surface area contributed by atoms with Crippen molar-refractivity contribution in [2.45, 2.75) is 64.6 Å². The number of halogens is 1. The van der Waals surface area contributed by atoms with Crippen molar-refractivity contribution >= 4 is 27.5 Å². The first-order valence-corrected chi connectivity index (χ1v) is 15.1. The predicted molar refractivity (Wildman–Crippen MR) is 158 cm³/mol. The van der Waals surface area contributed by atoms with Crippen molar-refractivity contribution in [2.24, 2.45) is 0 Å². The van der Waals surface area contributed by atoms with Gasteiger partial charge < -0.3 is 15.0 Å². The number of carbonyl (C=O) groups is 2. The summed E-state index contributed by atoms with van der Waals surface area (Å²) in [6, 6.07) is 17.3. The zero-order valence-electron chi connectivity index (χ0n) is 24.1. The molecule has 2 unspecified atom stereocenters. The molecule has 3 rings (SSSR count). The number of nitrogens with one attached hydrogen (secondary N) is 1. The zero-order valence-corrected chi connectivity index (χ0v) is 24.9. The molecule has 0 radical (unpaired) electrons. The van der Waals surface area contributed by atoms with Crippen LogP contribution in [-0.2, 0) is 26.2 Å². The number of hydrogen-bond donors (Lipinski definition) is 1. The van der Waals surface area contributed by atoms with Gasteiger partial charge in [-0.05, 0) is 88.2 Å². The van der Waals surface area contributed by atoms with E-state index in [1.165, 1.54) is 4.90 Å². The van der Waals surface area contributed by atoms with Gasteiger partial charge in [0, 0.05) is 12.6 Å². The van der Waals surface area contributed by atoms with Crippen LogP contribution in [0.15, 0.2) is 77.7 Å². The second-order valence-electron chi connectivity index (χ2n) is 9.90. The summed E-state index contributed by atoms with van der Waals surface area (Å²) in [5.41, 5.74) is 2.01. The lowest BCUT2D eigenvalue weighted by Gasteiger charge is -2.32. The SMILES string of the molecule is CCOc1ccc(N(CC(=O)N(Cc2cccc(C)c2)C(C)C(=O)NC(C)CC)S(=O)(=O)c2ccc(F)cc2)cc1. The number of nitrogens with zero attached hydrogens (tertiary/aromatic N) is 2. The summed E-state index contributed by atoms with van der Waals surface area (Å²) in [6.07, 6.45) is 0.714. The number of ether oxygens (including phenoxy) is 1. The Morgan fingerprint density at radius 1 is 0.976 bits per heavy atom. The Morgan fingerprint density at radius 2 is 1.63 bits per heavy atom. The predicted octanol–water partition coefficient (Wildman–Crippen LogP) is 5.06. The van der Waals surface area contributed by atoms with Gasteiger partial charge in [-0.25, -0.2) is 12.8 Å². The Balaban J connectivity index is 2.03. The maximum Gasteiger partial charge on any atom is 0.264 e. The number of carbonyl (C=O) groups excluding carboxylic acids is 2. The van der Waals surface area contributed by atoms with Crippen LogP contribution in [0.25, 0.3) is 0 Å². The topological polar surface area (TPSA) is 96.0 Å². The van der Waals surface area contributed by atoms with E-state index in [0.29, 0.717) is 18.8 Å². The van der Waals surface area contributed by atoms with Crippen LogP contribution in [0.2, 0.25) is 0 Å². The van der Waals surface area contributed by atoms with Crippen molar-refractivity contribution in [1.29, 1.82) is 0 Å². The van der Waals surface area contributed by atoms with E-state index in [2.05, 4.69) is 5.32 Å². The van der Waals surface area contributed by atoms with E-state index >= 15 is 0 Å². The lowest BCUT2D eigenvalue weighted by molar-refractivity contribution is -0.139. The smallest absolute Gasteiger partial charge is 0.264 e. The number of rotatable bonds is 13. The Kier molecular flexibility index (Phi) is 10.9. The van der Waals surface area contributed by atoms with Gasteiger partial charge in [0.05, 0.1) is 17.2 Å². The van der Waals surface area contributed by atoms with Crippen molar-refractivity contribution in [1.82, 2.24) is 10.2 Å². The lowest BCUT2D eigenvalue weighted by atomic mass is 10.1. The zero-order chi connectivity index (χ0) is 30.2. The molecule has 0 bridgehead atoms. The fourth-order valence-corrected chi connectivity index (χ4v) is 5.61. The number of sulfonamides is 1. The van der Waals surface area contributed by atoms with E-state index in [0.717, 1.165) is 39.7 Å². The van der Waals surface area contributed by atoms with Crippen LogP contribution < -0.4 is 14.4 Å². The highest BCUT2D eigenvalue weighted by Gasteiger charge is 2.33. The normalized spacial score (nSPS) is 12.7. The molecule has 0 aliphatic heterocycles. The third-order valence-corrected chi connectivity index (χ3v) is 8.51. The number of aryl methyl sites for hydroxylation is 1. The molecule has 1 N–H and O–H groups in total. The summed E-state index contributed by atoms with van der Waals surface area (Å²) in [6.45, 7) is 9.16. The molecule has 0 saturated heterocycles. The molecule has 220 valence electrons. The fourth-order valence-electron chi connectivity index (χ4n) is 4.19. The molecule has 0 aliphatic carbocycles. The van der Waals surface area contributed by atoms with Crippen LogP contribution in [0, 0.1) is 12.7 Å². The quantitative estimate of drug-likeness (QED) is 0.304. The van der Waals surface area contributed by atoms with Crippen LogP contribution in [0.4, 0.5) is 10.1 Å². The van der Waals surface area contributed by atoms with Gasteiger partial charge in [-0.1, -0.05) is 36.8 Å². The molecular weight excluding hydrogens is 545 g/mol. The largest absolute Gasteiger partial charge is 0.494 e. The number of amides is 2. The van der Waals surface area contributed by atoms with E-state index in [4.69, 9.17) is 4.74 Å². The van der Waals surface area contributed by atoms with Gasteiger partial charge in [0.15, 0.2) is 0 Å². The van der Waals surface area contributed by atoms with Gasteiger partial charge >= 0.3 is 0 Å². The third kappa shape index (κ3) is 8.29. The third-order valence-electron chi connectivity index (χ3n) is 6.72. The summed E-state index contributed by atoms with van der Waals surface area (Å²) < 4.78 is 47.7. The minimum Gasteiger partial charge on any atom is -0.494 e. The lowest BCUT2D eigenvalue weighted by Crippen LogP contribution is -2.52. The fraction of sp³-hybridized carbons (Fsp3) is 0.355. The van der Waals surface area contributed by atoms with Gasteiger partial charge in [-0.15, -0.1) is 0 Å². The van der Waals surface area contributed by atoms with Crippen molar-refractivity contribution in [3.05, 3.63) is 89.7 Å². The van der Waals surface area contributed by atoms with Crippen LogP contribution in [0.5, 0.6) is 5.75 Å². The second kappa shape index (κ2) is 14.1. The first kappa shape index (κ1) is 31.6. The van der Waals surface area contributed by atoms with E-state index in [-0.39, 0.29) is 29.1 Å². The van der Waals surface area contributed by atoms with Gasteiger partial charge in [-0.3, -0.25) is 13.9 Å². The van der Waals surface area contributed by atoms with Crippen molar-refractivity contribution < 1.29 is 27.1 Å². The first-order chi connectivity index (χ1) is 19.5. The highest BCUT2D eigenvalue weighted by Crippen LogP contribution is 2.27. The Hall–Kier alpha value is -3.92. The maximum atomic E-state index is 14.0. The molecule has 2 atom stereocenters. The highest BCUT2D eigenvalue weighted by atomic mass is 32.2. The van der Waals surface area contributed by atoms with Crippen LogP contribution in [0.1, 0.15) is 45.2 Å².